The smallest absolute Gasteiger partial charge is 0.253 e. The Bertz CT molecular complexity index is 1120. The maximum Gasteiger partial charge on any atom is 0.253 e. The van der Waals surface area contributed by atoms with Gasteiger partial charge in [0.2, 0.25) is 0 Å². The van der Waals surface area contributed by atoms with Gasteiger partial charge in [-0.1, -0.05) is 48.5 Å². The third kappa shape index (κ3) is 3.48. The highest BCUT2D eigenvalue weighted by Crippen LogP contribution is 2.27. The molecule has 0 aliphatic carbocycles. The highest BCUT2D eigenvalue weighted by atomic mass is 79.9. The Labute approximate surface area is 165 Å². The van der Waals surface area contributed by atoms with E-state index in [1.165, 1.54) is 0 Å². The van der Waals surface area contributed by atoms with Crippen LogP contribution in [0.3, 0.4) is 0 Å². The number of carbonyl (C=O) groups is 1. The lowest BCUT2D eigenvalue weighted by molar-refractivity contribution is 0.0917. The molecule has 4 rings (SSSR count). The molecule has 1 atom stereocenters. The van der Waals surface area contributed by atoms with E-state index < -0.39 is 0 Å². The summed E-state index contributed by atoms with van der Waals surface area (Å²) < 4.78 is 0.738. The second-order valence-electron chi connectivity index (χ2n) is 6.56. The summed E-state index contributed by atoms with van der Waals surface area (Å²) in [6.07, 6.45) is 2.49. The average Bonchev–Trinajstić information content (AvgIpc) is 3.10. The average molecular weight is 423 g/mol. The van der Waals surface area contributed by atoms with Crippen LogP contribution in [0.15, 0.2) is 71.3 Å². The molecular weight excluding hydrogens is 404 g/mol. The van der Waals surface area contributed by atoms with Crippen molar-refractivity contribution >= 4 is 43.5 Å². The first kappa shape index (κ1) is 17.8. The molecule has 1 heterocycles. The monoisotopic (exact) mass is 422 g/mol. The lowest BCUT2D eigenvalue weighted by Gasteiger charge is -2.17. The quantitative estimate of drug-likeness (QED) is 0.445. The van der Waals surface area contributed by atoms with Gasteiger partial charge in [-0.05, 0) is 50.8 Å². The first-order valence-corrected chi connectivity index (χ1v) is 9.60. The van der Waals surface area contributed by atoms with E-state index in [1.807, 2.05) is 66.9 Å². The van der Waals surface area contributed by atoms with Crippen molar-refractivity contribution in [2.24, 2.45) is 0 Å². The summed E-state index contributed by atoms with van der Waals surface area (Å²) >= 11 is 3.49. The van der Waals surface area contributed by atoms with Gasteiger partial charge in [0.25, 0.3) is 5.91 Å². The molecule has 0 aliphatic rings. The Morgan fingerprint density at radius 3 is 2.59 bits per heavy atom. The minimum absolute atomic E-state index is 0.131. The van der Waals surface area contributed by atoms with Crippen LogP contribution in [0, 0.1) is 0 Å². The second-order valence-corrected chi connectivity index (χ2v) is 7.41. The summed E-state index contributed by atoms with van der Waals surface area (Å²) in [6, 6.07) is 19.3. The lowest BCUT2D eigenvalue weighted by Crippen LogP contribution is -2.39. The molecule has 0 saturated heterocycles. The van der Waals surface area contributed by atoms with E-state index >= 15 is 0 Å². The van der Waals surface area contributed by atoms with Crippen molar-refractivity contribution in [1.82, 2.24) is 10.3 Å². The third-order valence-electron chi connectivity index (χ3n) is 4.80. The maximum absolute atomic E-state index is 13.0. The zero-order chi connectivity index (χ0) is 18.8. The molecule has 0 saturated carbocycles. The van der Waals surface area contributed by atoms with Crippen molar-refractivity contribution in [3.05, 3.63) is 82.5 Å². The van der Waals surface area contributed by atoms with Gasteiger partial charge in [-0.15, -0.1) is 0 Å². The van der Waals surface area contributed by atoms with Crippen molar-refractivity contribution in [2.75, 3.05) is 6.61 Å². The minimum Gasteiger partial charge on any atom is -0.394 e. The maximum atomic E-state index is 13.0. The van der Waals surface area contributed by atoms with E-state index in [9.17, 15) is 9.90 Å². The molecule has 4 nitrogen and oxygen atoms in total. The molecule has 0 fully saturated rings. The summed E-state index contributed by atoms with van der Waals surface area (Å²) in [7, 11) is 0. The van der Waals surface area contributed by atoms with Crippen molar-refractivity contribution < 1.29 is 9.90 Å². The van der Waals surface area contributed by atoms with Crippen molar-refractivity contribution in [2.45, 2.75) is 12.5 Å². The van der Waals surface area contributed by atoms with E-state index in [1.54, 1.807) is 0 Å². The van der Waals surface area contributed by atoms with E-state index in [0.717, 1.165) is 31.7 Å². The lowest BCUT2D eigenvalue weighted by atomic mass is 10.0. The molecule has 0 unspecified atom stereocenters. The SMILES string of the molecule is O=C(N[C@@H](CO)Cc1c[nH]c2ccccc12)c1c(Br)ccc2ccccc12. The van der Waals surface area contributed by atoms with Crippen LogP contribution in [0.4, 0.5) is 0 Å². The van der Waals surface area contributed by atoms with Crippen molar-refractivity contribution in [3.63, 3.8) is 0 Å². The zero-order valence-electron chi connectivity index (χ0n) is 14.6. The topological polar surface area (TPSA) is 65.1 Å². The number of carbonyl (C=O) groups excluding carboxylic acids is 1. The van der Waals surface area contributed by atoms with Gasteiger partial charge in [0.05, 0.1) is 18.2 Å². The van der Waals surface area contributed by atoms with Crippen LogP contribution >= 0.6 is 15.9 Å². The first-order chi connectivity index (χ1) is 13.2. The van der Waals surface area contributed by atoms with Crippen LogP contribution in [-0.4, -0.2) is 28.6 Å². The molecule has 3 aromatic carbocycles. The highest BCUT2D eigenvalue weighted by molar-refractivity contribution is 9.10. The van der Waals surface area contributed by atoms with E-state index in [0.29, 0.717) is 12.0 Å². The predicted molar refractivity (Wildman–Crippen MR) is 112 cm³/mol. The number of aliphatic hydroxyl groups excluding tert-OH is 1. The number of nitrogens with one attached hydrogen (secondary N) is 2. The number of aromatic amines is 1. The van der Waals surface area contributed by atoms with Crippen LogP contribution in [0.2, 0.25) is 0 Å². The van der Waals surface area contributed by atoms with Crippen LogP contribution < -0.4 is 5.32 Å². The van der Waals surface area contributed by atoms with E-state index in [-0.39, 0.29) is 18.6 Å². The number of para-hydroxylation sites is 1. The number of rotatable bonds is 5. The molecule has 5 heteroatoms. The summed E-state index contributed by atoms with van der Waals surface area (Å²) in [4.78, 5) is 16.2. The van der Waals surface area contributed by atoms with E-state index in [2.05, 4.69) is 26.2 Å². The number of benzene rings is 3. The van der Waals surface area contributed by atoms with Gasteiger partial charge in [0, 0.05) is 21.6 Å². The standard InChI is InChI=1S/C22H19BrN2O2/c23-19-10-9-14-5-1-2-7-18(14)21(19)22(27)25-16(13-26)11-15-12-24-20-8-4-3-6-17(15)20/h1-10,12,16,24,26H,11,13H2,(H,25,27)/t16-/m1/s1. The fourth-order valence-corrected chi connectivity index (χ4v) is 3.99. The minimum atomic E-state index is -0.373. The Kier molecular flexibility index (Phi) is 4.97. The molecule has 0 aliphatic heterocycles. The largest absolute Gasteiger partial charge is 0.394 e. The molecule has 27 heavy (non-hydrogen) atoms. The summed E-state index contributed by atoms with van der Waals surface area (Å²) in [5.74, 6) is -0.197. The highest BCUT2D eigenvalue weighted by Gasteiger charge is 2.19. The summed E-state index contributed by atoms with van der Waals surface area (Å²) in [5.41, 5.74) is 2.71. The molecule has 0 radical (unpaired) electrons. The number of hydrogen-bond acceptors (Lipinski definition) is 2. The van der Waals surface area contributed by atoms with Crippen LogP contribution in [-0.2, 0) is 6.42 Å². The molecule has 1 aromatic heterocycles. The number of halogens is 1. The fraction of sp³-hybridized carbons (Fsp3) is 0.136. The first-order valence-electron chi connectivity index (χ1n) is 8.81. The van der Waals surface area contributed by atoms with E-state index in [4.69, 9.17) is 0 Å². The number of amides is 1. The molecule has 136 valence electrons. The van der Waals surface area contributed by atoms with Gasteiger partial charge >= 0.3 is 0 Å². The molecule has 4 aromatic rings. The van der Waals surface area contributed by atoms with Crippen LogP contribution in [0.1, 0.15) is 15.9 Å². The third-order valence-corrected chi connectivity index (χ3v) is 5.46. The summed E-state index contributed by atoms with van der Waals surface area (Å²) in [5, 5.41) is 15.8. The molecule has 0 bridgehead atoms. The summed E-state index contributed by atoms with van der Waals surface area (Å²) in [6.45, 7) is -0.131. The van der Waals surface area contributed by atoms with Gasteiger partial charge in [-0.3, -0.25) is 4.79 Å². The van der Waals surface area contributed by atoms with Gasteiger partial charge in [-0.25, -0.2) is 0 Å². The van der Waals surface area contributed by atoms with Gasteiger partial charge in [0.1, 0.15) is 0 Å². The Hall–Kier alpha value is -2.63. The number of aliphatic hydroxyl groups is 1. The van der Waals surface area contributed by atoms with Gasteiger partial charge in [-0.2, -0.15) is 0 Å². The fourth-order valence-electron chi connectivity index (χ4n) is 3.46. The zero-order valence-corrected chi connectivity index (χ0v) is 16.2. The Morgan fingerprint density at radius 1 is 1.04 bits per heavy atom. The second kappa shape index (κ2) is 7.55. The number of aromatic nitrogens is 1. The van der Waals surface area contributed by atoms with Crippen LogP contribution in [0.25, 0.3) is 21.7 Å². The normalized spacial score (nSPS) is 12.4. The van der Waals surface area contributed by atoms with Crippen LogP contribution in [0.5, 0.6) is 0 Å². The number of hydrogen-bond donors (Lipinski definition) is 3. The van der Waals surface area contributed by atoms with Crippen molar-refractivity contribution in [3.8, 4) is 0 Å². The Balaban J connectivity index is 1.61. The molecule has 0 spiro atoms. The molecular formula is C22H19BrN2O2. The Morgan fingerprint density at radius 2 is 1.78 bits per heavy atom. The van der Waals surface area contributed by atoms with Gasteiger partial charge in [0.15, 0.2) is 0 Å². The molecule has 1 amide bonds. The molecule has 3 N–H and O–H groups in total. The predicted octanol–water partition coefficient (Wildman–Crippen LogP) is 4.42. The number of H-pyrrole nitrogens is 1. The van der Waals surface area contributed by atoms with Crippen molar-refractivity contribution in [1.29, 1.82) is 0 Å². The van der Waals surface area contributed by atoms with Gasteiger partial charge < -0.3 is 15.4 Å². The number of fused-ring (bicyclic) bond motifs is 2.